The summed E-state index contributed by atoms with van der Waals surface area (Å²) in [6.45, 7) is 8.42. The molecule has 0 aliphatic heterocycles. The minimum atomic E-state index is -0.124. The number of aryl methyl sites for hydroxylation is 2. The molecular weight excluding hydrogens is 274 g/mol. The standard InChI is InChI=1S/C18H21N3O/c1-11-6-7-12-13(10-11)15(22)14(17-19-8-9-21(17)5)20-16(12)18(2,3)4/h6-10,22H,1-5H3. The summed E-state index contributed by atoms with van der Waals surface area (Å²) in [6.07, 6.45) is 3.57. The van der Waals surface area contributed by atoms with Crippen molar-refractivity contribution in [2.75, 3.05) is 0 Å². The highest BCUT2D eigenvalue weighted by Crippen LogP contribution is 2.39. The highest BCUT2D eigenvalue weighted by atomic mass is 16.3. The Morgan fingerprint density at radius 1 is 1.14 bits per heavy atom. The van der Waals surface area contributed by atoms with Crippen LogP contribution in [0.15, 0.2) is 30.6 Å². The summed E-state index contributed by atoms with van der Waals surface area (Å²) in [4.78, 5) is 9.11. The van der Waals surface area contributed by atoms with Crippen molar-refractivity contribution >= 4 is 10.8 Å². The number of aromatic nitrogens is 3. The number of pyridine rings is 1. The van der Waals surface area contributed by atoms with Crippen LogP contribution in [-0.2, 0) is 12.5 Å². The van der Waals surface area contributed by atoms with Crippen molar-refractivity contribution in [2.24, 2.45) is 7.05 Å². The van der Waals surface area contributed by atoms with Gasteiger partial charge in [0.2, 0.25) is 0 Å². The van der Waals surface area contributed by atoms with Gasteiger partial charge >= 0.3 is 0 Å². The van der Waals surface area contributed by atoms with Crippen LogP contribution in [0.4, 0.5) is 0 Å². The lowest BCUT2D eigenvalue weighted by atomic mass is 9.87. The SMILES string of the molecule is Cc1ccc2c(C(C)(C)C)nc(-c3nccn3C)c(O)c2c1. The van der Waals surface area contributed by atoms with Gasteiger partial charge in [-0.2, -0.15) is 0 Å². The molecule has 0 radical (unpaired) electrons. The Hall–Kier alpha value is -2.36. The van der Waals surface area contributed by atoms with E-state index < -0.39 is 0 Å². The molecule has 2 aromatic heterocycles. The van der Waals surface area contributed by atoms with Crippen LogP contribution in [0, 0.1) is 6.92 Å². The second kappa shape index (κ2) is 4.83. The topological polar surface area (TPSA) is 50.9 Å². The van der Waals surface area contributed by atoms with Crippen LogP contribution in [0.2, 0.25) is 0 Å². The maximum absolute atomic E-state index is 10.7. The minimum Gasteiger partial charge on any atom is -0.505 e. The Kier molecular flexibility index (Phi) is 3.20. The molecule has 0 spiro atoms. The Labute approximate surface area is 130 Å². The second-order valence-electron chi connectivity index (χ2n) is 6.82. The molecular formula is C18H21N3O. The van der Waals surface area contributed by atoms with Crippen molar-refractivity contribution in [1.29, 1.82) is 0 Å². The van der Waals surface area contributed by atoms with E-state index in [1.807, 2.05) is 36.9 Å². The molecule has 1 aromatic carbocycles. The van der Waals surface area contributed by atoms with Crippen LogP contribution in [-0.4, -0.2) is 19.6 Å². The van der Waals surface area contributed by atoms with Crippen LogP contribution in [0.1, 0.15) is 32.0 Å². The number of nitrogens with zero attached hydrogens (tertiary/aromatic N) is 3. The fraction of sp³-hybridized carbons (Fsp3) is 0.333. The summed E-state index contributed by atoms with van der Waals surface area (Å²) in [6, 6.07) is 6.10. The summed E-state index contributed by atoms with van der Waals surface area (Å²) >= 11 is 0. The van der Waals surface area contributed by atoms with E-state index in [1.165, 1.54) is 0 Å². The first-order chi connectivity index (χ1) is 10.3. The maximum atomic E-state index is 10.7. The van der Waals surface area contributed by atoms with E-state index in [2.05, 4.69) is 31.8 Å². The summed E-state index contributed by atoms with van der Waals surface area (Å²) in [7, 11) is 1.90. The average Bonchev–Trinajstić information content (AvgIpc) is 2.84. The second-order valence-corrected chi connectivity index (χ2v) is 6.82. The molecule has 0 aliphatic carbocycles. The molecule has 0 unspecified atom stereocenters. The molecule has 2 heterocycles. The molecule has 3 aromatic rings. The van der Waals surface area contributed by atoms with Gasteiger partial charge in [0.05, 0.1) is 5.69 Å². The van der Waals surface area contributed by atoms with Crippen LogP contribution in [0.3, 0.4) is 0 Å². The first-order valence-corrected chi connectivity index (χ1v) is 7.40. The lowest BCUT2D eigenvalue weighted by Gasteiger charge is -2.22. The van der Waals surface area contributed by atoms with Crippen molar-refractivity contribution < 1.29 is 5.11 Å². The highest BCUT2D eigenvalue weighted by Gasteiger charge is 2.24. The largest absolute Gasteiger partial charge is 0.505 e. The molecule has 22 heavy (non-hydrogen) atoms. The van der Waals surface area contributed by atoms with E-state index in [0.29, 0.717) is 11.5 Å². The fourth-order valence-electron chi connectivity index (χ4n) is 2.73. The number of hydrogen-bond donors (Lipinski definition) is 1. The summed E-state index contributed by atoms with van der Waals surface area (Å²) in [5.41, 5.74) is 2.50. The van der Waals surface area contributed by atoms with Gasteiger partial charge in [-0.05, 0) is 13.0 Å². The van der Waals surface area contributed by atoms with Gasteiger partial charge < -0.3 is 9.67 Å². The monoisotopic (exact) mass is 295 g/mol. The first kappa shape index (κ1) is 14.6. The predicted octanol–water partition coefficient (Wildman–Crippen LogP) is 3.95. The quantitative estimate of drug-likeness (QED) is 0.739. The molecule has 0 bridgehead atoms. The predicted molar refractivity (Wildman–Crippen MR) is 89.0 cm³/mol. The number of imidazole rings is 1. The summed E-state index contributed by atoms with van der Waals surface area (Å²) in [5.74, 6) is 0.868. The third-order valence-corrected chi connectivity index (χ3v) is 3.88. The molecule has 0 saturated heterocycles. The molecule has 0 saturated carbocycles. The number of aromatic hydroxyl groups is 1. The van der Waals surface area contributed by atoms with Gasteiger partial charge in [0.1, 0.15) is 5.69 Å². The molecule has 4 heteroatoms. The summed E-state index contributed by atoms with van der Waals surface area (Å²) < 4.78 is 1.87. The van der Waals surface area contributed by atoms with Crippen molar-refractivity contribution in [3.05, 3.63) is 41.9 Å². The van der Waals surface area contributed by atoms with Gasteiger partial charge in [-0.25, -0.2) is 9.97 Å². The highest BCUT2D eigenvalue weighted by molar-refractivity contribution is 5.95. The fourth-order valence-corrected chi connectivity index (χ4v) is 2.73. The molecule has 0 aliphatic rings. The average molecular weight is 295 g/mol. The van der Waals surface area contributed by atoms with E-state index in [0.717, 1.165) is 22.0 Å². The van der Waals surface area contributed by atoms with Gasteiger partial charge in [0.25, 0.3) is 0 Å². The Balaban J connectivity index is 2.45. The zero-order chi connectivity index (χ0) is 16.1. The van der Waals surface area contributed by atoms with Crippen LogP contribution < -0.4 is 0 Å². The zero-order valence-electron chi connectivity index (χ0n) is 13.7. The Morgan fingerprint density at radius 2 is 1.86 bits per heavy atom. The lowest BCUT2D eigenvalue weighted by Crippen LogP contribution is -2.15. The van der Waals surface area contributed by atoms with Gasteiger partial charge in [-0.3, -0.25) is 0 Å². The Morgan fingerprint density at radius 3 is 2.45 bits per heavy atom. The minimum absolute atomic E-state index is 0.124. The van der Waals surface area contributed by atoms with Gasteiger partial charge in [0, 0.05) is 35.6 Å². The van der Waals surface area contributed by atoms with E-state index >= 15 is 0 Å². The van der Waals surface area contributed by atoms with Crippen LogP contribution >= 0.6 is 0 Å². The van der Waals surface area contributed by atoms with Crippen molar-refractivity contribution in [3.63, 3.8) is 0 Å². The van der Waals surface area contributed by atoms with E-state index in [1.54, 1.807) is 6.20 Å². The van der Waals surface area contributed by atoms with E-state index in [9.17, 15) is 5.11 Å². The first-order valence-electron chi connectivity index (χ1n) is 7.40. The van der Waals surface area contributed by atoms with E-state index in [-0.39, 0.29) is 11.2 Å². The van der Waals surface area contributed by atoms with Crippen LogP contribution in [0.5, 0.6) is 5.75 Å². The normalized spacial score (nSPS) is 12.0. The zero-order valence-corrected chi connectivity index (χ0v) is 13.7. The van der Waals surface area contributed by atoms with Crippen LogP contribution in [0.25, 0.3) is 22.3 Å². The van der Waals surface area contributed by atoms with Crippen molar-refractivity contribution in [3.8, 4) is 17.3 Å². The molecule has 4 nitrogen and oxygen atoms in total. The van der Waals surface area contributed by atoms with Crippen molar-refractivity contribution in [2.45, 2.75) is 33.1 Å². The number of fused-ring (bicyclic) bond motifs is 1. The van der Waals surface area contributed by atoms with Gasteiger partial charge in [-0.15, -0.1) is 0 Å². The number of benzene rings is 1. The van der Waals surface area contributed by atoms with Gasteiger partial charge in [-0.1, -0.05) is 38.5 Å². The molecule has 114 valence electrons. The summed E-state index contributed by atoms with van der Waals surface area (Å²) in [5, 5.41) is 12.6. The van der Waals surface area contributed by atoms with E-state index in [4.69, 9.17) is 4.98 Å². The molecule has 0 fully saturated rings. The number of hydrogen-bond acceptors (Lipinski definition) is 3. The molecule has 0 atom stereocenters. The van der Waals surface area contributed by atoms with Gasteiger partial charge in [0.15, 0.2) is 11.6 Å². The maximum Gasteiger partial charge on any atom is 0.162 e. The lowest BCUT2D eigenvalue weighted by molar-refractivity contribution is 0.478. The smallest absolute Gasteiger partial charge is 0.162 e. The number of rotatable bonds is 1. The molecule has 1 N–H and O–H groups in total. The third-order valence-electron chi connectivity index (χ3n) is 3.88. The third kappa shape index (κ3) is 2.25. The van der Waals surface area contributed by atoms with Crippen molar-refractivity contribution in [1.82, 2.24) is 14.5 Å². The molecule has 0 amide bonds. The Bertz CT molecular complexity index is 857. The molecule has 3 rings (SSSR count).